The predicted molar refractivity (Wildman–Crippen MR) is 106 cm³/mol. The van der Waals surface area contributed by atoms with E-state index in [1.54, 1.807) is 16.7 Å². The number of nitrogens with one attached hydrogen (secondary N) is 1. The predicted octanol–water partition coefficient (Wildman–Crippen LogP) is 3.17. The van der Waals surface area contributed by atoms with Gasteiger partial charge in [-0.05, 0) is 60.7 Å². The van der Waals surface area contributed by atoms with Crippen LogP contribution in [0.4, 0.5) is 11.4 Å². The highest BCUT2D eigenvalue weighted by atomic mass is 32.2. The Kier molecular flexibility index (Phi) is 5.64. The highest BCUT2D eigenvalue weighted by molar-refractivity contribution is 7.98. The summed E-state index contributed by atoms with van der Waals surface area (Å²) < 4.78 is 0. The first-order chi connectivity index (χ1) is 12.5. The van der Waals surface area contributed by atoms with Gasteiger partial charge in [0, 0.05) is 35.8 Å². The van der Waals surface area contributed by atoms with E-state index < -0.39 is 0 Å². The van der Waals surface area contributed by atoms with Gasteiger partial charge >= 0.3 is 0 Å². The number of rotatable bonds is 5. The van der Waals surface area contributed by atoms with E-state index in [2.05, 4.69) is 5.32 Å². The SMILES string of the molecule is CSc1ccc(N2CC(C(=O)Nc3cc(C)cc(CN)c3)CC2=O)cc1. The van der Waals surface area contributed by atoms with Crippen LogP contribution < -0.4 is 16.0 Å². The van der Waals surface area contributed by atoms with Crippen molar-refractivity contribution in [2.24, 2.45) is 11.7 Å². The number of benzene rings is 2. The fourth-order valence-electron chi connectivity index (χ4n) is 3.19. The molecular formula is C20H23N3O2S. The van der Waals surface area contributed by atoms with Crippen LogP contribution in [0.1, 0.15) is 17.5 Å². The molecule has 1 fully saturated rings. The molecule has 3 rings (SSSR count). The molecule has 0 aromatic heterocycles. The Balaban J connectivity index is 1.69. The molecule has 0 saturated carbocycles. The molecule has 0 radical (unpaired) electrons. The Morgan fingerprint density at radius 3 is 2.65 bits per heavy atom. The van der Waals surface area contributed by atoms with Crippen LogP contribution in [-0.2, 0) is 16.1 Å². The van der Waals surface area contributed by atoms with Crippen LogP contribution >= 0.6 is 11.8 Å². The van der Waals surface area contributed by atoms with Crippen molar-refractivity contribution in [3.63, 3.8) is 0 Å². The first-order valence-corrected chi connectivity index (χ1v) is 9.78. The summed E-state index contributed by atoms with van der Waals surface area (Å²) in [5.41, 5.74) is 9.27. The number of amides is 2. The maximum Gasteiger partial charge on any atom is 0.229 e. The Hall–Kier alpha value is -2.31. The van der Waals surface area contributed by atoms with Crippen molar-refractivity contribution in [3.8, 4) is 0 Å². The lowest BCUT2D eigenvalue weighted by Crippen LogP contribution is -2.28. The highest BCUT2D eigenvalue weighted by Gasteiger charge is 2.35. The minimum Gasteiger partial charge on any atom is -0.326 e. The van der Waals surface area contributed by atoms with Crippen molar-refractivity contribution in [1.29, 1.82) is 0 Å². The minimum absolute atomic E-state index is 0.0195. The van der Waals surface area contributed by atoms with Gasteiger partial charge in [-0.2, -0.15) is 0 Å². The standard InChI is InChI=1S/C20H23N3O2S/c1-13-7-14(11-21)9-16(8-13)22-20(25)15-10-19(24)23(12-15)17-3-5-18(26-2)6-4-17/h3-9,15H,10-12,21H2,1-2H3,(H,22,25). The van der Waals surface area contributed by atoms with E-state index in [1.807, 2.05) is 55.6 Å². The average Bonchev–Trinajstić information content (AvgIpc) is 3.03. The second-order valence-corrected chi connectivity index (χ2v) is 7.38. The molecule has 1 aliphatic rings. The summed E-state index contributed by atoms with van der Waals surface area (Å²) >= 11 is 1.66. The van der Waals surface area contributed by atoms with Crippen molar-refractivity contribution < 1.29 is 9.59 Å². The lowest BCUT2D eigenvalue weighted by atomic mass is 10.1. The molecule has 1 saturated heterocycles. The third kappa shape index (κ3) is 4.08. The number of hydrogen-bond donors (Lipinski definition) is 2. The molecule has 136 valence electrons. The van der Waals surface area contributed by atoms with Crippen molar-refractivity contribution in [2.45, 2.75) is 24.8 Å². The molecule has 0 spiro atoms. The summed E-state index contributed by atoms with van der Waals surface area (Å²) in [7, 11) is 0. The lowest BCUT2D eigenvalue weighted by molar-refractivity contribution is -0.122. The first kappa shape index (κ1) is 18.5. The van der Waals surface area contributed by atoms with Gasteiger partial charge in [0.1, 0.15) is 0 Å². The van der Waals surface area contributed by atoms with Crippen LogP contribution in [0.2, 0.25) is 0 Å². The van der Waals surface area contributed by atoms with Crippen LogP contribution in [0.15, 0.2) is 47.4 Å². The van der Waals surface area contributed by atoms with Crippen LogP contribution in [0, 0.1) is 12.8 Å². The topological polar surface area (TPSA) is 75.4 Å². The maximum absolute atomic E-state index is 12.6. The molecule has 5 nitrogen and oxygen atoms in total. The summed E-state index contributed by atoms with van der Waals surface area (Å²) in [6, 6.07) is 13.6. The van der Waals surface area contributed by atoms with Crippen LogP contribution in [0.3, 0.4) is 0 Å². The number of hydrogen-bond acceptors (Lipinski definition) is 4. The monoisotopic (exact) mass is 369 g/mol. The Labute approximate surface area is 157 Å². The molecule has 0 bridgehead atoms. The van der Waals surface area contributed by atoms with Crippen LogP contribution in [-0.4, -0.2) is 24.6 Å². The molecule has 0 aliphatic carbocycles. The Bertz CT molecular complexity index is 820. The van der Waals surface area contributed by atoms with E-state index in [9.17, 15) is 9.59 Å². The summed E-state index contributed by atoms with van der Waals surface area (Å²) in [6.45, 7) is 2.79. The Morgan fingerprint density at radius 1 is 1.27 bits per heavy atom. The van der Waals surface area contributed by atoms with Gasteiger partial charge in [-0.3, -0.25) is 9.59 Å². The minimum atomic E-state index is -0.357. The van der Waals surface area contributed by atoms with Crippen molar-refractivity contribution in [1.82, 2.24) is 0 Å². The highest BCUT2D eigenvalue weighted by Crippen LogP contribution is 2.28. The zero-order valence-electron chi connectivity index (χ0n) is 15.0. The fraction of sp³-hybridized carbons (Fsp3) is 0.300. The number of nitrogens with zero attached hydrogens (tertiary/aromatic N) is 1. The number of anilines is 2. The van der Waals surface area contributed by atoms with E-state index in [4.69, 9.17) is 5.73 Å². The van der Waals surface area contributed by atoms with Crippen LogP contribution in [0.5, 0.6) is 0 Å². The van der Waals surface area contributed by atoms with Gasteiger partial charge in [-0.25, -0.2) is 0 Å². The van der Waals surface area contributed by atoms with Gasteiger partial charge in [-0.15, -0.1) is 11.8 Å². The molecule has 1 unspecified atom stereocenters. The number of aryl methyl sites for hydroxylation is 1. The third-order valence-corrected chi connectivity index (χ3v) is 5.26. The van der Waals surface area contributed by atoms with Crippen molar-refractivity contribution in [3.05, 3.63) is 53.6 Å². The summed E-state index contributed by atoms with van der Waals surface area (Å²) in [5, 5.41) is 2.93. The number of thioether (sulfide) groups is 1. The maximum atomic E-state index is 12.6. The van der Waals surface area contributed by atoms with Crippen molar-refractivity contribution >= 4 is 35.0 Å². The van der Waals surface area contributed by atoms with Gasteiger partial charge in [0.25, 0.3) is 0 Å². The first-order valence-electron chi connectivity index (χ1n) is 8.56. The molecule has 6 heteroatoms. The second kappa shape index (κ2) is 7.93. The quantitative estimate of drug-likeness (QED) is 0.794. The summed E-state index contributed by atoms with van der Waals surface area (Å²) in [4.78, 5) is 27.8. The molecule has 2 aromatic rings. The van der Waals surface area contributed by atoms with E-state index >= 15 is 0 Å². The third-order valence-electron chi connectivity index (χ3n) is 4.52. The van der Waals surface area contributed by atoms with E-state index in [-0.39, 0.29) is 24.2 Å². The molecule has 26 heavy (non-hydrogen) atoms. The molecule has 2 amide bonds. The summed E-state index contributed by atoms with van der Waals surface area (Å²) in [6.07, 6.45) is 2.24. The lowest BCUT2D eigenvalue weighted by Gasteiger charge is -2.17. The molecule has 1 atom stereocenters. The van der Waals surface area contributed by atoms with Gasteiger partial charge in [0.2, 0.25) is 11.8 Å². The molecular weight excluding hydrogens is 346 g/mol. The Morgan fingerprint density at radius 2 is 2.00 bits per heavy atom. The summed E-state index contributed by atoms with van der Waals surface area (Å²) in [5.74, 6) is -0.506. The number of carbonyl (C=O) groups excluding carboxylic acids is 2. The van der Waals surface area contributed by atoms with E-state index in [0.29, 0.717) is 13.1 Å². The molecule has 3 N–H and O–H groups in total. The second-order valence-electron chi connectivity index (χ2n) is 6.50. The fourth-order valence-corrected chi connectivity index (χ4v) is 3.60. The average molecular weight is 369 g/mol. The van der Waals surface area contributed by atoms with Crippen LogP contribution in [0.25, 0.3) is 0 Å². The normalized spacial score (nSPS) is 16.8. The van der Waals surface area contributed by atoms with Gasteiger partial charge < -0.3 is 16.0 Å². The van der Waals surface area contributed by atoms with Crippen molar-refractivity contribution in [2.75, 3.05) is 23.0 Å². The number of nitrogens with two attached hydrogens (primary N) is 1. The largest absolute Gasteiger partial charge is 0.326 e. The molecule has 1 heterocycles. The van der Waals surface area contributed by atoms with E-state index in [1.165, 1.54) is 0 Å². The van der Waals surface area contributed by atoms with Gasteiger partial charge in [-0.1, -0.05) is 6.07 Å². The smallest absolute Gasteiger partial charge is 0.229 e. The molecule has 1 aliphatic heterocycles. The zero-order valence-corrected chi connectivity index (χ0v) is 15.8. The number of carbonyl (C=O) groups is 2. The van der Waals surface area contributed by atoms with E-state index in [0.717, 1.165) is 27.4 Å². The zero-order chi connectivity index (χ0) is 18.7. The van der Waals surface area contributed by atoms with Gasteiger partial charge in [0.15, 0.2) is 0 Å². The molecule has 2 aromatic carbocycles. The van der Waals surface area contributed by atoms with Gasteiger partial charge in [0.05, 0.1) is 5.92 Å².